The predicted molar refractivity (Wildman–Crippen MR) is 75.3 cm³/mol. The van der Waals surface area contributed by atoms with Crippen molar-refractivity contribution >= 4 is 12.2 Å². The molecule has 104 valence electrons. The van der Waals surface area contributed by atoms with E-state index < -0.39 is 0 Å². The van der Waals surface area contributed by atoms with E-state index in [4.69, 9.17) is 20.9 Å². The van der Waals surface area contributed by atoms with E-state index in [0.717, 1.165) is 17.7 Å². The summed E-state index contributed by atoms with van der Waals surface area (Å²) in [5.74, 6) is 1.42. The highest BCUT2D eigenvalue weighted by atomic mass is 16.5. The van der Waals surface area contributed by atoms with E-state index in [1.807, 2.05) is 25.1 Å². The van der Waals surface area contributed by atoms with Gasteiger partial charge in [-0.3, -0.25) is 0 Å². The molecule has 0 aliphatic rings. The van der Waals surface area contributed by atoms with Crippen molar-refractivity contribution in [2.75, 3.05) is 13.2 Å². The van der Waals surface area contributed by atoms with Crippen LogP contribution in [0.1, 0.15) is 25.8 Å². The fourth-order valence-corrected chi connectivity index (χ4v) is 1.40. The lowest BCUT2D eigenvalue weighted by atomic mass is 10.2. The van der Waals surface area contributed by atoms with Crippen LogP contribution in [0, 0.1) is 0 Å². The molecule has 6 heteroatoms. The Morgan fingerprint density at radius 2 is 2.05 bits per heavy atom. The van der Waals surface area contributed by atoms with Gasteiger partial charge in [-0.1, -0.05) is 6.92 Å². The smallest absolute Gasteiger partial charge is 0.256 e. The molecule has 0 atom stereocenters. The Hall–Kier alpha value is -2.24. The number of hydrogen-bond acceptors (Lipinski definition) is 3. The first kappa shape index (κ1) is 14.8. The van der Waals surface area contributed by atoms with E-state index in [-0.39, 0.29) is 5.96 Å². The Labute approximate surface area is 113 Å². The molecular formula is C13H21N4O2+. The SMILES string of the molecule is CCCOc1ccc(/C=[NH+]\N=C(N)N)cc1OCC. The van der Waals surface area contributed by atoms with E-state index in [1.165, 1.54) is 0 Å². The zero-order valence-electron chi connectivity index (χ0n) is 11.3. The van der Waals surface area contributed by atoms with Gasteiger partial charge in [0.2, 0.25) is 6.21 Å². The Bertz CT molecular complexity index is 454. The number of nitrogens with one attached hydrogen (secondary N) is 1. The van der Waals surface area contributed by atoms with Crippen molar-refractivity contribution in [3.05, 3.63) is 23.8 Å². The number of ether oxygens (including phenoxy) is 2. The van der Waals surface area contributed by atoms with Crippen LogP contribution in [0.4, 0.5) is 0 Å². The highest BCUT2D eigenvalue weighted by Crippen LogP contribution is 2.27. The number of rotatable bonds is 7. The third-order valence-electron chi connectivity index (χ3n) is 2.15. The summed E-state index contributed by atoms with van der Waals surface area (Å²) in [6, 6.07) is 5.62. The standard InChI is InChI=1S/C13H20N4O2/c1-3-7-19-11-6-5-10(8-12(11)18-4-2)9-16-17-13(14)15/h5-6,8-9H,3-4,7H2,1-2H3,(H4,14,15,17)/p+1/b16-9-. The minimum Gasteiger partial charge on any atom is -0.490 e. The number of hydrogen-bond donors (Lipinski definition) is 3. The number of hydrazone groups is 1. The molecule has 0 bridgehead atoms. The molecule has 0 unspecified atom stereocenters. The molecule has 0 fully saturated rings. The third kappa shape index (κ3) is 5.29. The van der Waals surface area contributed by atoms with Gasteiger partial charge in [0, 0.05) is 10.7 Å². The normalized spacial score (nSPS) is 10.4. The topological polar surface area (TPSA) is 96.8 Å². The van der Waals surface area contributed by atoms with Crippen LogP contribution >= 0.6 is 0 Å². The Morgan fingerprint density at radius 1 is 1.26 bits per heavy atom. The predicted octanol–water partition coefficient (Wildman–Crippen LogP) is -0.438. The van der Waals surface area contributed by atoms with Crippen LogP contribution in [-0.4, -0.2) is 25.4 Å². The summed E-state index contributed by atoms with van der Waals surface area (Å²) in [7, 11) is 0. The molecule has 1 aromatic rings. The summed E-state index contributed by atoms with van der Waals surface area (Å²) in [6.07, 6.45) is 2.62. The molecule has 0 radical (unpaired) electrons. The van der Waals surface area contributed by atoms with Crippen molar-refractivity contribution in [2.45, 2.75) is 20.3 Å². The number of nitrogens with zero attached hydrogens (tertiary/aromatic N) is 1. The largest absolute Gasteiger partial charge is 0.490 e. The summed E-state index contributed by atoms with van der Waals surface area (Å²) in [5, 5.41) is 6.31. The second-order valence-corrected chi connectivity index (χ2v) is 3.80. The molecule has 0 saturated heterocycles. The maximum atomic E-state index is 5.61. The van der Waals surface area contributed by atoms with Gasteiger partial charge in [-0.05, 0) is 31.5 Å². The van der Waals surface area contributed by atoms with Gasteiger partial charge in [-0.15, -0.1) is 5.10 Å². The van der Waals surface area contributed by atoms with Crippen LogP contribution in [-0.2, 0) is 0 Å². The lowest BCUT2D eigenvalue weighted by Crippen LogP contribution is -2.63. The molecule has 1 aromatic carbocycles. The van der Waals surface area contributed by atoms with E-state index in [9.17, 15) is 0 Å². The average molecular weight is 265 g/mol. The molecular weight excluding hydrogens is 244 g/mol. The van der Waals surface area contributed by atoms with Crippen LogP contribution in [0.2, 0.25) is 0 Å². The number of guanidine groups is 1. The quantitative estimate of drug-likeness (QED) is 0.354. The number of benzene rings is 1. The van der Waals surface area contributed by atoms with Gasteiger partial charge >= 0.3 is 0 Å². The average Bonchev–Trinajstić information content (AvgIpc) is 2.38. The van der Waals surface area contributed by atoms with Crippen LogP contribution < -0.4 is 26.0 Å². The highest BCUT2D eigenvalue weighted by molar-refractivity contribution is 5.78. The second-order valence-electron chi connectivity index (χ2n) is 3.80. The van der Waals surface area contributed by atoms with Gasteiger partial charge in [0.25, 0.3) is 5.96 Å². The summed E-state index contributed by atoms with van der Waals surface area (Å²) in [6.45, 7) is 5.22. The van der Waals surface area contributed by atoms with Gasteiger partial charge in [0.05, 0.1) is 13.2 Å². The molecule has 0 amide bonds. The summed E-state index contributed by atoms with van der Waals surface area (Å²) < 4.78 is 11.2. The molecule has 1 rings (SSSR count). The molecule has 0 aromatic heterocycles. The van der Waals surface area contributed by atoms with E-state index in [2.05, 4.69) is 17.1 Å². The van der Waals surface area contributed by atoms with E-state index in [1.54, 1.807) is 6.21 Å². The molecule has 0 spiro atoms. The zero-order valence-corrected chi connectivity index (χ0v) is 11.3. The van der Waals surface area contributed by atoms with Crippen molar-refractivity contribution in [3.63, 3.8) is 0 Å². The fourth-order valence-electron chi connectivity index (χ4n) is 1.40. The van der Waals surface area contributed by atoms with E-state index >= 15 is 0 Å². The maximum Gasteiger partial charge on any atom is 0.256 e. The van der Waals surface area contributed by atoms with Crippen LogP contribution in [0.5, 0.6) is 11.5 Å². The first-order valence-electron chi connectivity index (χ1n) is 6.24. The fraction of sp³-hybridized carbons (Fsp3) is 0.385. The first-order chi connectivity index (χ1) is 9.17. The van der Waals surface area contributed by atoms with Crippen LogP contribution in [0.25, 0.3) is 0 Å². The molecule has 5 N–H and O–H groups in total. The summed E-state index contributed by atoms with van der Waals surface area (Å²) >= 11 is 0. The highest BCUT2D eigenvalue weighted by Gasteiger charge is 2.06. The maximum absolute atomic E-state index is 5.61. The second kappa shape index (κ2) is 7.97. The van der Waals surface area contributed by atoms with Gasteiger partial charge < -0.3 is 20.9 Å². The van der Waals surface area contributed by atoms with Crippen molar-refractivity contribution in [1.29, 1.82) is 0 Å². The van der Waals surface area contributed by atoms with Gasteiger partial charge in [0.15, 0.2) is 11.5 Å². The molecule has 0 aliphatic heterocycles. The monoisotopic (exact) mass is 265 g/mol. The summed E-state index contributed by atoms with van der Waals surface area (Å²) in [5.41, 5.74) is 11.3. The van der Waals surface area contributed by atoms with Gasteiger partial charge in [-0.2, -0.15) is 0 Å². The third-order valence-corrected chi connectivity index (χ3v) is 2.15. The Kier molecular flexibility index (Phi) is 6.21. The summed E-state index contributed by atoms with van der Waals surface area (Å²) in [4.78, 5) is 0. The minimum atomic E-state index is -0.0239. The van der Waals surface area contributed by atoms with Crippen molar-refractivity contribution in [3.8, 4) is 11.5 Å². The Morgan fingerprint density at radius 3 is 2.68 bits per heavy atom. The molecule has 0 heterocycles. The first-order valence-corrected chi connectivity index (χ1v) is 6.24. The molecule has 0 saturated carbocycles. The van der Waals surface area contributed by atoms with Crippen LogP contribution in [0.3, 0.4) is 0 Å². The minimum absolute atomic E-state index is 0.0239. The lowest BCUT2D eigenvalue weighted by Gasteiger charge is -2.11. The van der Waals surface area contributed by atoms with Crippen molar-refractivity contribution < 1.29 is 14.6 Å². The Balaban J connectivity index is 2.88. The van der Waals surface area contributed by atoms with Crippen molar-refractivity contribution in [2.24, 2.45) is 16.6 Å². The molecule has 19 heavy (non-hydrogen) atoms. The lowest BCUT2D eigenvalue weighted by molar-refractivity contribution is -0.456. The van der Waals surface area contributed by atoms with Gasteiger partial charge in [0.1, 0.15) is 0 Å². The number of nitrogens with two attached hydrogens (primary N) is 2. The van der Waals surface area contributed by atoms with Crippen molar-refractivity contribution in [1.82, 2.24) is 0 Å². The molecule has 6 nitrogen and oxygen atoms in total. The van der Waals surface area contributed by atoms with Gasteiger partial charge in [-0.25, -0.2) is 0 Å². The van der Waals surface area contributed by atoms with Crippen LogP contribution in [0.15, 0.2) is 23.3 Å². The zero-order chi connectivity index (χ0) is 14.1. The van der Waals surface area contributed by atoms with E-state index in [0.29, 0.717) is 19.0 Å². The molecule has 0 aliphatic carbocycles.